The predicted molar refractivity (Wildman–Crippen MR) is 99.8 cm³/mol. The lowest BCUT2D eigenvalue weighted by Crippen LogP contribution is -2.29. The number of nitrogens with one attached hydrogen (secondary N) is 1. The van der Waals surface area contributed by atoms with Crippen LogP contribution in [0.1, 0.15) is 60.0 Å². The van der Waals surface area contributed by atoms with Gasteiger partial charge in [-0.1, -0.05) is 38.1 Å². The smallest absolute Gasteiger partial charge is 0.287 e. The molecule has 2 aromatic rings. The fourth-order valence-corrected chi connectivity index (χ4v) is 3.62. The first-order valence-electron chi connectivity index (χ1n) is 9.38. The van der Waals surface area contributed by atoms with Crippen LogP contribution in [0.3, 0.4) is 0 Å². The number of aryl methyl sites for hydroxylation is 1. The van der Waals surface area contributed by atoms with Crippen molar-refractivity contribution in [1.29, 1.82) is 0 Å². The third-order valence-electron chi connectivity index (χ3n) is 5.16. The van der Waals surface area contributed by atoms with Gasteiger partial charge in [0.2, 0.25) is 0 Å². The van der Waals surface area contributed by atoms with Crippen LogP contribution in [0, 0.1) is 0 Å². The van der Waals surface area contributed by atoms with Crippen LogP contribution in [0.4, 0.5) is 0 Å². The Kier molecular flexibility index (Phi) is 5.92. The summed E-state index contributed by atoms with van der Waals surface area (Å²) in [6.07, 6.45) is 3.46. The van der Waals surface area contributed by atoms with Gasteiger partial charge in [-0.05, 0) is 55.6 Å². The zero-order chi connectivity index (χ0) is 17.6. The molecule has 1 heterocycles. The van der Waals surface area contributed by atoms with Crippen molar-refractivity contribution in [2.45, 2.75) is 45.6 Å². The second-order valence-corrected chi connectivity index (χ2v) is 6.73. The molecular formula is C21H28N2O2. The SMILES string of the molecule is CCN(CC)Cc1ccc(C(=O)NCC2CCCc3ccccc32)o1. The van der Waals surface area contributed by atoms with E-state index >= 15 is 0 Å². The first kappa shape index (κ1) is 17.7. The molecule has 25 heavy (non-hydrogen) atoms. The van der Waals surface area contributed by atoms with E-state index in [-0.39, 0.29) is 5.91 Å². The molecule has 1 unspecified atom stereocenters. The van der Waals surface area contributed by atoms with E-state index in [1.807, 2.05) is 6.07 Å². The van der Waals surface area contributed by atoms with E-state index in [1.165, 1.54) is 17.5 Å². The fourth-order valence-electron chi connectivity index (χ4n) is 3.62. The van der Waals surface area contributed by atoms with Gasteiger partial charge in [-0.3, -0.25) is 9.69 Å². The van der Waals surface area contributed by atoms with Crippen LogP contribution in [0.15, 0.2) is 40.8 Å². The van der Waals surface area contributed by atoms with Crippen molar-refractivity contribution in [3.63, 3.8) is 0 Å². The molecule has 3 rings (SSSR count). The Morgan fingerprint density at radius 3 is 2.80 bits per heavy atom. The second-order valence-electron chi connectivity index (χ2n) is 6.73. The highest BCUT2D eigenvalue weighted by Gasteiger charge is 2.21. The zero-order valence-corrected chi connectivity index (χ0v) is 15.3. The number of amides is 1. The number of furan rings is 1. The highest BCUT2D eigenvalue weighted by atomic mass is 16.4. The minimum absolute atomic E-state index is 0.117. The maximum absolute atomic E-state index is 12.4. The van der Waals surface area contributed by atoms with E-state index in [0.29, 0.717) is 18.2 Å². The van der Waals surface area contributed by atoms with Gasteiger partial charge in [-0.15, -0.1) is 0 Å². The maximum Gasteiger partial charge on any atom is 0.287 e. The van der Waals surface area contributed by atoms with Gasteiger partial charge in [0.1, 0.15) is 5.76 Å². The molecular weight excluding hydrogens is 312 g/mol. The van der Waals surface area contributed by atoms with E-state index in [2.05, 4.69) is 48.3 Å². The van der Waals surface area contributed by atoms with E-state index < -0.39 is 0 Å². The molecule has 0 radical (unpaired) electrons. The number of fused-ring (bicyclic) bond motifs is 1. The number of hydrogen-bond donors (Lipinski definition) is 1. The normalized spacial score (nSPS) is 16.7. The van der Waals surface area contributed by atoms with Crippen LogP contribution in [-0.4, -0.2) is 30.4 Å². The topological polar surface area (TPSA) is 45.5 Å². The number of rotatable bonds is 7. The van der Waals surface area contributed by atoms with Gasteiger partial charge < -0.3 is 9.73 Å². The molecule has 0 bridgehead atoms. The van der Waals surface area contributed by atoms with Crippen LogP contribution < -0.4 is 5.32 Å². The third-order valence-corrected chi connectivity index (χ3v) is 5.16. The molecule has 0 fully saturated rings. The molecule has 4 nitrogen and oxygen atoms in total. The summed E-state index contributed by atoms with van der Waals surface area (Å²) in [4.78, 5) is 14.7. The number of hydrogen-bond acceptors (Lipinski definition) is 3. The fraction of sp³-hybridized carbons (Fsp3) is 0.476. The van der Waals surface area contributed by atoms with Crippen LogP contribution in [0.5, 0.6) is 0 Å². The quantitative estimate of drug-likeness (QED) is 0.829. The van der Waals surface area contributed by atoms with Crippen molar-refractivity contribution in [2.75, 3.05) is 19.6 Å². The molecule has 0 saturated carbocycles. The van der Waals surface area contributed by atoms with Gasteiger partial charge in [0.15, 0.2) is 5.76 Å². The Balaban J connectivity index is 1.58. The molecule has 1 aliphatic rings. The standard InChI is InChI=1S/C21H28N2O2/c1-3-23(4-2)15-18-12-13-20(25-18)21(24)22-14-17-10-7-9-16-8-5-6-11-19(16)17/h5-6,8,11-13,17H,3-4,7,9-10,14-15H2,1-2H3,(H,22,24). The lowest BCUT2D eigenvalue weighted by Gasteiger charge is -2.25. The molecule has 134 valence electrons. The Bertz CT molecular complexity index is 703. The first-order chi connectivity index (χ1) is 12.2. The van der Waals surface area contributed by atoms with Crippen molar-refractivity contribution in [2.24, 2.45) is 0 Å². The Morgan fingerprint density at radius 2 is 2.00 bits per heavy atom. The van der Waals surface area contributed by atoms with E-state index in [1.54, 1.807) is 6.07 Å². The van der Waals surface area contributed by atoms with Crippen molar-refractivity contribution < 1.29 is 9.21 Å². The summed E-state index contributed by atoms with van der Waals surface area (Å²) in [6.45, 7) is 7.61. The maximum atomic E-state index is 12.4. The predicted octanol–water partition coefficient (Wildman–Crippen LogP) is 3.97. The molecule has 4 heteroatoms. The second kappa shape index (κ2) is 8.34. The highest BCUT2D eigenvalue weighted by molar-refractivity contribution is 5.91. The minimum Gasteiger partial charge on any atom is -0.455 e. The van der Waals surface area contributed by atoms with Crippen molar-refractivity contribution in [1.82, 2.24) is 10.2 Å². The molecule has 1 N–H and O–H groups in total. The number of carbonyl (C=O) groups is 1. The van der Waals surface area contributed by atoms with E-state index in [0.717, 1.165) is 38.2 Å². The van der Waals surface area contributed by atoms with Crippen molar-refractivity contribution in [3.8, 4) is 0 Å². The lowest BCUT2D eigenvalue weighted by molar-refractivity contribution is 0.0919. The summed E-state index contributed by atoms with van der Waals surface area (Å²) in [5.74, 6) is 1.54. The number of carbonyl (C=O) groups excluding carboxylic acids is 1. The summed E-state index contributed by atoms with van der Waals surface area (Å²) in [5.41, 5.74) is 2.81. The largest absolute Gasteiger partial charge is 0.455 e. The third kappa shape index (κ3) is 4.31. The van der Waals surface area contributed by atoms with Gasteiger partial charge in [-0.25, -0.2) is 0 Å². The molecule has 0 saturated heterocycles. The Labute approximate surface area is 150 Å². The summed E-state index contributed by atoms with van der Waals surface area (Å²) in [7, 11) is 0. The number of benzene rings is 1. The molecule has 1 amide bonds. The van der Waals surface area contributed by atoms with E-state index in [4.69, 9.17) is 4.42 Å². The van der Waals surface area contributed by atoms with Crippen LogP contribution in [-0.2, 0) is 13.0 Å². The molecule has 1 atom stereocenters. The van der Waals surface area contributed by atoms with Gasteiger partial charge in [0.05, 0.1) is 6.54 Å². The molecule has 1 aromatic heterocycles. The molecule has 1 aromatic carbocycles. The van der Waals surface area contributed by atoms with Crippen molar-refractivity contribution >= 4 is 5.91 Å². The van der Waals surface area contributed by atoms with Crippen LogP contribution in [0.25, 0.3) is 0 Å². The molecule has 0 spiro atoms. The number of nitrogens with zero attached hydrogens (tertiary/aromatic N) is 1. The minimum atomic E-state index is -0.117. The molecule has 0 aliphatic heterocycles. The van der Waals surface area contributed by atoms with Crippen LogP contribution in [0.2, 0.25) is 0 Å². The van der Waals surface area contributed by atoms with Gasteiger partial charge in [0.25, 0.3) is 5.91 Å². The zero-order valence-electron chi connectivity index (χ0n) is 15.3. The van der Waals surface area contributed by atoms with Crippen molar-refractivity contribution in [3.05, 3.63) is 59.0 Å². The summed E-state index contributed by atoms with van der Waals surface area (Å²) >= 11 is 0. The molecule has 1 aliphatic carbocycles. The monoisotopic (exact) mass is 340 g/mol. The first-order valence-corrected chi connectivity index (χ1v) is 9.38. The summed E-state index contributed by atoms with van der Waals surface area (Å²) in [6, 6.07) is 12.3. The Morgan fingerprint density at radius 1 is 1.20 bits per heavy atom. The van der Waals surface area contributed by atoms with Gasteiger partial charge >= 0.3 is 0 Å². The van der Waals surface area contributed by atoms with Gasteiger partial charge in [0, 0.05) is 12.5 Å². The summed E-state index contributed by atoms with van der Waals surface area (Å²) in [5, 5.41) is 3.06. The lowest BCUT2D eigenvalue weighted by atomic mass is 9.83. The van der Waals surface area contributed by atoms with E-state index in [9.17, 15) is 4.79 Å². The summed E-state index contributed by atoms with van der Waals surface area (Å²) < 4.78 is 5.74. The average molecular weight is 340 g/mol. The highest BCUT2D eigenvalue weighted by Crippen LogP contribution is 2.30. The Hall–Kier alpha value is -2.07. The average Bonchev–Trinajstić information content (AvgIpc) is 3.12. The van der Waals surface area contributed by atoms with Crippen LogP contribution >= 0.6 is 0 Å². The van der Waals surface area contributed by atoms with Gasteiger partial charge in [-0.2, -0.15) is 0 Å².